The van der Waals surface area contributed by atoms with Gasteiger partial charge in [-0.05, 0) is 36.4 Å². The Hall–Kier alpha value is -3.64. The SMILES string of the molecule is O=[N+]([O-])c1cc(S(=O)(=O)Nc2cccc(Cl)c2)ccc1N/N=C\c1ccccc1C(F)(F)F. The van der Waals surface area contributed by atoms with Crippen LogP contribution in [0.5, 0.6) is 0 Å². The Labute approximate surface area is 190 Å². The number of nitro benzene ring substituents is 1. The molecule has 0 atom stereocenters. The third-order valence-electron chi connectivity index (χ3n) is 4.21. The van der Waals surface area contributed by atoms with Crippen LogP contribution in [0.4, 0.5) is 30.2 Å². The number of halogens is 4. The Morgan fingerprint density at radius 3 is 2.42 bits per heavy atom. The second kappa shape index (κ2) is 9.46. The Kier molecular flexibility index (Phi) is 6.89. The zero-order valence-electron chi connectivity index (χ0n) is 16.4. The van der Waals surface area contributed by atoms with E-state index < -0.39 is 37.3 Å². The fourth-order valence-corrected chi connectivity index (χ4v) is 3.99. The number of nitro groups is 1. The zero-order chi connectivity index (χ0) is 24.2. The van der Waals surface area contributed by atoms with Gasteiger partial charge in [-0.15, -0.1) is 0 Å². The lowest BCUT2D eigenvalue weighted by atomic mass is 10.1. The first kappa shape index (κ1) is 24.0. The highest BCUT2D eigenvalue weighted by molar-refractivity contribution is 7.92. The minimum atomic E-state index is -4.61. The van der Waals surface area contributed by atoms with Gasteiger partial charge < -0.3 is 0 Å². The van der Waals surface area contributed by atoms with Crippen LogP contribution < -0.4 is 10.1 Å². The number of hydrogen-bond acceptors (Lipinski definition) is 6. The van der Waals surface area contributed by atoms with Crippen molar-refractivity contribution in [3.63, 3.8) is 0 Å². The molecule has 0 unspecified atom stereocenters. The molecule has 8 nitrogen and oxygen atoms in total. The third kappa shape index (κ3) is 5.99. The molecule has 3 aromatic rings. The van der Waals surface area contributed by atoms with Crippen LogP contribution in [-0.2, 0) is 16.2 Å². The van der Waals surface area contributed by atoms with E-state index in [1.807, 2.05) is 0 Å². The molecule has 0 aromatic heterocycles. The molecular formula is C20H14ClF3N4O4S. The lowest BCUT2D eigenvalue weighted by Crippen LogP contribution is -2.13. The van der Waals surface area contributed by atoms with Crippen molar-refractivity contribution in [1.29, 1.82) is 0 Å². The van der Waals surface area contributed by atoms with Gasteiger partial charge in [-0.3, -0.25) is 20.3 Å². The van der Waals surface area contributed by atoms with Crippen LogP contribution in [0.25, 0.3) is 0 Å². The van der Waals surface area contributed by atoms with Crippen LogP contribution in [0.2, 0.25) is 5.02 Å². The van der Waals surface area contributed by atoms with Gasteiger partial charge >= 0.3 is 6.18 Å². The van der Waals surface area contributed by atoms with Gasteiger partial charge in [0.05, 0.1) is 27.3 Å². The summed E-state index contributed by atoms with van der Waals surface area (Å²) in [7, 11) is -4.19. The van der Waals surface area contributed by atoms with E-state index in [-0.39, 0.29) is 22.0 Å². The zero-order valence-corrected chi connectivity index (χ0v) is 17.9. The molecular weight excluding hydrogens is 485 g/mol. The van der Waals surface area contributed by atoms with E-state index in [0.717, 1.165) is 30.5 Å². The summed E-state index contributed by atoms with van der Waals surface area (Å²) in [5.41, 5.74) is 0.379. The van der Waals surface area contributed by atoms with Crippen LogP contribution in [0, 0.1) is 10.1 Å². The molecule has 0 heterocycles. The van der Waals surface area contributed by atoms with Gasteiger partial charge in [0.2, 0.25) is 0 Å². The maximum absolute atomic E-state index is 13.1. The minimum Gasteiger partial charge on any atom is -0.280 e. The van der Waals surface area contributed by atoms with Gasteiger partial charge in [-0.2, -0.15) is 18.3 Å². The topological polar surface area (TPSA) is 114 Å². The van der Waals surface area contributed by atoms with E-state index in [4.69, 9.17) is 11.6 Å². The fraction of sp³-hybridized carbons (Fsp3) is 0.0500. The highest BCUT2D eigenvalue weighted by Crippen LogP contribution is 2.32. The average Bonchev–Trinajstić information content (AvgIpc) is 2.73. The standard InChI is InChI=1S/C20H14ClF3N4O4S/c21-14-5-3-6-15(10-14)27-33(31,32)16-8-9-18(19(11-16)28(29)30)26-25-12-13-4-1-2-7-17(13)20(22,23)24/h1-12,26-27H/b25-12-. The van der Waals surface area contributed by atoms with E-state index in [2.05, 4.69) is 15.2 Å². The van der Waals surface area contributed by atoms with E-state index in [0.29, 0.717) is 0 Å². The predicted octanol–water partition coefficient (Wildman–Crippen LogP) is 5.51. The summed E-state index contributed by atoms with van der Waals surface area (Å²) in [6, 6.07) is 13.5. The third-order valence-corrected chi connectivity index (χ3v) is 5.82. The largest absolute Gasteiger partial charge is 0.417 e. The number of hydrazone groups is 1. The molecule has 0 saturated heterocycles. The molecule has 33 heavy (non-hydrogen) atoms. The van der Waals surface area contributed by atoms with Gasteiger partial charge in [0.15, 0.2) is 0 Å². The molecule has 0 aliphatic heterocycles. The molecule has 0 saturated carbocycles. The maximum Gasteiger partial charge on any atom is 0.417 e. The fourth-order valence-electron chi connectivity index (χ4n) is 2.73. The average molecular weight is 499 g/mol. The predicted molar refractivity (Wildman–Crippen MR) is 118 cm³/mol. The van der Waals surface area contributed by atoms with Gasteiger partial charge in [-0.25, -0.2) is 8.42 Å². The number of alkyl halides is 3. The van der Waals surface area contributed by atoms with Crippen molar-refractivity contribution in [3.05, 3.63) is 93.0 Å². The normalized spacial score (nSPS) is 12.0. The number of benzene rings is 3. The van der Waals surface area contributed by atoms with Gasteiger partial charge in [0.25, 0.3) is 15.7 Å². The van der Waals surface area contributed by atoms with Crippen molar-refractivity contribution in [1.82, 2.24) is 0 Å². The molecule has 2 N–H and O–H groups in total. The summed E-state index contributed by atoms with van der Waals surface area (Å²) in [6.45, 7) is 0. The van der Waals surface area contributed by atoms with Crippen LogP contribution in [0.3, 0.4) is 0 Å². The minimum absolute atomic E-state index is 0.153. The lowest BCUT2D eigenvalue weighted by molar-refractivity contribution is -0.384. The molecule has 0 spiro atoms. The quantitative estimate of drug-likeness (QED) is 0.253. The van der Waals surface area contributed by atoms with E-state index in [9.17, 15) is 31.7 Å². The monoisotopic (exact) mass is 498 g/mol. The molecule has 0 radical (unpaired) electrons. The van der Waals surface area contributed by atoms with Crippen molar-refractivity contribution in [3.8, 4) is 0 Å². The van der Waals surface area contributed by atoms with Gasteiger partial charge in [0.1, 0.15) is 5.69 Å². The highest BCUT2D eigenvalue weighted by Gasteiger charge is 2.32. The summed E-state index contributed by atoms with van der Waals surface area (Å²) in [6.07, 6.45) is -3.75. The van der Waals surface area contributed by atoms with Crippen molar-refractivity contribution in [2.75, 3.05) is 10.1 Å². The molecule has 0 bridgehead atoms. The molecule has 0 amide bonds. The summed E-state index contributed by atoms with van der Waals surface area (Å²) in [5, 5.41) is 15.4. The Morgan fingerprint density at radius 1 is 1.03 bits per heavy atom. The molecule has 3 aromatic carbocycles. The summed E-state index contributed by atoms with van der Waals surface area (Å²) >= 11 is 5.83. The number of anilines is 2. The molecule has 0 fully saturated rings. The van der Waals surface area contributed by atoms with E-state index in [1.54, 1.807) is 0 Å². The number of hydrogen-bond donors (Lipinski definition) is 2. The number of sulfonamides is 1. The Morgan fingerprint density at radius 2 is 1.76 bits per heavy atom. The lowest BCUT2D eigenvalue weighted by Gasteiger charge is -2.10. The van der Waals surface area contributed by atoms with Crippen molar-refractivity contribution in [2.45, 2.75) is 11.1 Å². The maximum atomic E-state index is 13.1. The van der Waals surface area contributed by atoms with E-state index in [1.165, 1.54) is 42.5 Å². The number of nitrogens with zero attached hydrogens (tertiary/aromatic N) is 2. The molecule has 3 rings (SSSR count). The number of nitrogens with one attached hydrogen (secondary N) is 2. The van der Waals surface area contributed by atoms with Gasteiger partial charge in [0, 0.05) is 16.7 Å². The molecule has 13 heteroatoms. The van der Waals surface area contributed by atoms with Crippen LogP contribution >= 0.6 is 11.6 Å². The van der Waals surface area contributed by atoms with Crippen molar-refractivity contribution < 1.29 is 26.5 Å². The first-order valence-electron chi connectivity index (χ1n) is 8.99. The first-order chi connectivity index (χ1) is 15.5. The smallest absolute Gasteiger partial charge is 0.280 e. The van der Waals surface area contributed by atoms with Crippen LogP contribution in [0.1, 0.15) is 11.1 Å². The van der Waals surface area contributed by atoms with Crippen LogP contribution in [0.15, 0.2) is 76.7 Å². The molecule has 0 aliphatic rings. The van der Waals surface area contributed by atoms with Crippen molar-refractivity contribution >= 4 is 44.9 Å². The number of rotatable bonds is 7. The van der Waals surface area contributed by atoms with Crippen LogP contribution in [-0.4, -0.2) is 19.6 Å². The summed E-state index contributed by atoms with van der Waals surface area (Å²) in [4.78, 5) is 10.2. The summed E-state index contributed by atoms with van der Waals surface area (Å²) < 4.78 is 66.6. The van der Waals surface area contributed by atoms with Gasteiger partial charge in [-0.1, -0.05) is 35.9 Å². The Balaban J connectivity index is 1.87. The molecule has 172 valence electrons. The Bertz CT molecular complexity index is 1330. The second-order valence-corrected chi connectivity index (χ2v) is 8.63. The van der Waals surface area contributed by atoms with Crippen molar-refractivity contribution in [2.24, 2.45) is 5.10 Å². The second-order valence-electron chi connectivity index (χ2n) is 6.51. The molecule has 0 aliphatic carbocycles. The summed E-state index contributed by atoms with van der Waals surface area (Å²) in [5.74, 6) is 0. The first-order valence-corrected chi connectivity index (χ1v) is 10.9. The van der Waals surface area contributed by atoms with E-state index >= 15 is 0 Å². The highest BCUT2D eigenvalue weighted by atomic mass is 35.5.